The number of halogens is 3. The molecular weight excluding hydrogens is 510 g/mol. The molecule has 0 radical (unpaired) electrons. The lowest BCUT2D eigenvalue weighted by Crippen LogP contribution is -2.34. The van der Waals surface area contributed by atoms with Crippen molar-refractivity contribution in [2.45, 2.75) is 37.5 Å². The molecule has 1 aliphatic rings. The van der Waals surface area contributed by atoms with Gasteiger partial charge < -0.3 is 31.1 Å². The summed E-state index contributed by atoms with van der Waals surface area (Å²) >= 11 is 3.49. The summed E-state index contributed by atoms with van der Waals surface area (Å²) in [5.74, 6) is -0.835. The number of hydrogen-bond donors (Lipinski definition) is 5. The fourth-order valence-electron chi connectivity index (χ4n) is 4.59. The highest BCUT2D eigenvalue weighted by Gasteiger charge is 2.42. The summed E-state index contributed by atoms with van der Waals surface area (Å²) in [5.41, 5.74) is 7.09. The summed E-state index contributed by atoms with van der Waals surface area (Å²) in [6.45, 7) is 2.67. The van der Waals surface area contributed by atoms with Crippen LogP contribution in [0.5, 0.6) is 0 Å². The first-order valence-corrected chi connectivity index (χ1v) is 12.1. The Balaban J connectivity index is 1.20. The van der Waals surface area contributed by atoms with Crippen molar-refractivity contribution in [1.82, 2.24) is 25.2 Å². The smallest absolute Gasteiger partial charge is 0.146 e. The van der Waals surface area contributed by atoms with E-state index in [4.69, 9.17) is 5.73 Å². The molecular formula is C23H29BrF2N6O2. The number of nitrogens with two attached hydrogens (primary N) is 1. The Kier molecular flexibility index (Phi) is 8.10. The third kappa shape index (κ3) is 5.38. The Morgan fingerprint density at radius 2 is 1.91 bits per heavy atom. The maximum atomic E-state index is 13.6. The van der Waals surface area contributed by atoms with Crippen LogP contribution in [-0.4, -0.2) is 63.1 Å². The van der Waals surface area contributed by atoms with Gasteiger partial charge in [0, 0.05) is 29.2 Å². The van der Waals surface area contributed by atoms with E-state index in [1.54, 1.807) is 0 Å². The molecule has 0 bridgehead atoms. The summed E-state index contributed by atoms with van der Waals surface area (Å²) < 4.78 is 29.2. The largest absolute Gasteiger partial charge is 0.390 e. The number of rotatable bonds is 10. The summed E-state index contributed by atoms with van der Waals surface area (Å²) in [6.07, 6.45) is 3.39. The molecule has 0 aliphatic heterocycles. The molecule has 2 aromatic heterocycles. The van der Waals surface area contributed by atoms with Gasteiger partial charge in [0.05, 0.1) is 17.5 Å². The van der Waals surface area contributed by atoms with Gasteiger partial charge in [0.1, 0.15) is 35.5 Å². The van der Waals surface area contributed by atoms with Gasteiger partial charge in [-0.15, -0.1) is 0 Å². The molecule has 0 spiro atoms. The molecule has 0 amide bonds. The number of nitrogens with one attached hydrogen (secondary N) is 2. The normalized spacial score (nSPS) is 22.6. The molecule has 11 heteroatoms. The first-order chi connectivity index (χ1) is 16.4. The van der Waals surface area contributed by atoms with Gasteiger partial charge in [0.25, 0.3) is 0 Å². The van der Waals surface area contributed by atoms with Crippen LogP contribution in [0.1, 0.15) is 24.4 Å². The fraction of sp³-hybridized carbons (Fsp3) is 0.478. The summed E-state index contributed by atoms with van der Waals surface area (Å²) in [7, 11) is 0. The van der Waals surface area contributed by atoms with Crippen molar-refractivity contribution < 1.29 is 19.0 Å². The third-order valence-electron chi connectivity index (χ3n) is 6.42. The molecule has 1 fully saturated rings. The number of benzene rings is 1. The molecule has 0 unspecified atom stereocenters. The van der Waals surface area contributed by atoms with Gasteiger partial charge in [-0.05, 0) is 66.5 Å². The number of fused-ring (bicyclic) bond motifs is 1. The number of aromatic nitrogens is 3. The van der Waals surface area contributed by atoms with E-state index in [0.29, 0.717) is 48.3 Å². The van der Waals surface area contributed by atoms with Crippen molar-refractivity contribution in [3.8, 4) is 0 Å². The summed E-state index contributed by atoms with van der Waals surface area (Å²) in [4.78, 5) is 8.34. The van der Waals surface area contributed by atoms with Gasteiger partial charge in [-0.1, -0.05) is 6.07 Å². The minimum atomic E-state index is -0.918. The highest BCUT2D eigenvalue weighted by Crippen LogP contribution is 2.39. The Bertz CT molecular complexity index is 1130. The van der Waals surface area contributed by atoms with Crippen molar-refractivity contribution in [1.29, 1.82) is 0 Å². The first kappa shape index (κ1) is 24.9. The minimum absolute atomic E-state index is 0.107. The number of anilines is 1. The molecule has 6 N–H and O–H groups in total. The molecule has 4 rings (SSSR count). The Hall–Kier alpha value is -2.18. The second-order valence-electron chi connectivity index (χ2n) is 8.68. The van der Waals surface area contributed by atoms with Crippen LogP contribution in [0.4, 0.5) is 14.6 Å². The van der Waals surface area contributed by atoms with E-state index in [2.05, 4.69) is 36.5 Å². The van der Waals surface area contributed by atoms with Crippen LogP contribution in [0, 0.1) is 17.6 Å². The van der Waals surface area contributed by atoms with E-state index in [-0.39, 0.29) is 12.0 Å². The lowest BCUT2D eigenvalue weighted by molar-refractivity contribution is 0.00693. The summed E-state index contributed by atoms with van der Waals surface area (Å²) in [5, 5.41) is 28.6. The molecule has 3 aromatic rings. The zero-order chi connectivity index (χ0) is 24.2. The molecule has 1 aliphatic carbocycles. The lowest BCUT2D eigenvalue weighted by Gasteiger charge is -2.19. The topological polar surface area (TPSA) is 121 Å². The average Bonchev–Trinajstić information content (AvgIpc) is 3.28. The van der Waals surface area contributed by atoms with Crippen molar-refractivity contribution >= 4 is 32.8 Å². The molecule has 34 heavy (non-hydrogen) atoms. The van der Waals surface area contributed by atoms with Gasteiger partial charge in [-0.3, -0.25) is 0 Å². The predicted molar refractivity (Wildman–Crippen MR) is 129 cm³/mol. The molecule has 1 aromatic carbocycles. The van der Waals surface area contributed by atoms with Crippen molar-refractivity contribution in [2.24, 2.45) is 5.92 Å². The average molecular weight is 539 g/mol. The summed E-state index contributed by atoms with van der Waals surface area (Å²) in [6, 6.07) is 3.32. The van der Waals surface area contributed by atoms with Crippen molar-refractivity contribution in [2.75, 3.05) is 31.9 Å². The quantitative estimate of drug-likeness (QED) is 0.251. The highest BCUT2D eigenvalue weighted by atomic mass is 79.9. The van der Waals surface area contributed by atoms with Crippen LogP contribution in [0.15, 0.2) is 35.2 Å². The maximum absolute atomic E-state index is 13.6. The number of nitrogen functional groups attached to an aromatic ring is 1. The van der Waals surface area contributed by atoms with Crippen molar-refractivity contribution in [3.05, 3.63) is 52.4 Å². The van der Waals surface area contributed by atoms with Gasteiger partial charge in [-0.2, -0.15) is 0 Å². The standard InChI is InChI=1S/C23H29BrF2N6O2/c24-16-11-32(23-19(16)22(27)30-12-31-23)18-8-14(20(33)21(18)34)10-29-6-1-5-28-7-4-13-2-3-15(25)9-17(13)26/h2-3,9,11-12,14,18,20-21,28-29,33-34H,1,4-8,10H2,(H2,27,30,31)/t14-,18-,20-,21+/m1/s1. The van der Waals surface area contributed by atoms with Crippen LogP contribution in [0.2, 0.25) is 0 Å². The van der Waals surface area contributed by atoms with E-state index >= 15 is 0 Å². The SMILES string of the molecule is Nc1ncnc2c1c(Br)cn2[C@@H]1C[C@H](CNCCCNCCc2ccc(F)cc2F)[C@@H](O)[C@H]1O. The molecule has 4 atom stereocenters. The van der Waals surface area contributed by atoms with Gasteiger partial charge in [-0.25, -0.2) is 18.7 Å². The number of nitrogens with zero attached hydrogens (tertiary/aromatic N) is 3. The van der Waals surface area contributed by atoms with E-state index in [0.717, 1.165) is 30.0 Å². The maximum Gasteiger partial charge on any atom is 0.146 e. The Morgan fingerprint density at radius 1 is 1.12 bits per heavy atom. The zero-order valence-electron chi connectivity index (χ0n) is 18.6. The molecule has 1 saturated carbocycles. The predicted octanol–water partition coefficient (Wildman–Crippen LogP) is 2.15. The number of aliphatic hydroxyl groups is 2. The number of hydrogen-bond acceptors (Lipinski definition) is 7. The second-order valence-corrected chi connectivity index (χ2v) is 9.53. The van der Waals surface area contributed by atoms with Crippen molar-refractivity contribution in [3.63, 3.8) is 0 Å². The van der Waals surface area contributed by atoms with E-state index in [1.807, 2.05) is 10.8 Å². The van der Waals surface area contributed by atoms with Crippen LogP contribution in [0.3, 0.4) is 0 Å². The molecule has 0 saturated heterocycles. The van der Waals surface area contributed by atoms with E-state index in [9.17, 15) is 19.0 Å². The van der Waals surface area contributed by atoms with Gasteiger partial charge >= 0.3 is 0 Å². The van der Waals surface area contributed by atoms with Crippen LogP contribution >= 0.6 is 15.9 Å². The number of aliphatic hydroxyl groups excluding tert-OH is 2. The van der Waals surface area contributed by atoms with Gasteiger partial charge in [0.2, 0.25) is 0 Å². The molecule has 8 nitrogen and oxygen atoms in total. The highest BCUT2D eigenvalue weighted by molar-refractivity contribution is 9.10. The van der Waals surface area contributed by atoms with Crippen LogP contribution in [0.25, 0.3) is 11.0 Å². The first-order valence-electron chi connectivity index (χ1n) is 11.3. The van der Waals surface area contributed by atoms with E-state index in [1.165, 1.54) is 18.5 Å². The Labute approximate surface area is 204 Å². The lowest BCUT2D eigenvalue weighted by atomic mass is 10.1. The van der Waals surface area contributed by atoms with Crippen LogP contribution < -0.4 is 16.4 Å². The van der Waals surface area contributed by atoms with Gasteiger partial charge in [0.15, 0.2) is 0 Å². The van der Waals surface area contributed by atoms with E-state index < -0.39 is 23.8 Å². The zero-order valence-corrected chi connectivity index (χ0v) is 20.2. The fourth-order valence-corrected chi connectivity index (χ4v) is 5.19. The monoisotopic (exact) mass is 538 g/mol. The molecule has 2 heterocycles. The minimum Gasteiger partial charge on any atom is -0.390 e. The molecule has 184 valence electrons. The van der Waals surface area contributed by atoms with Crippen LogP contribution in [-0.2, 0) is 6.42 Å². The second kappa shape index (κ2) is 11.0. The third-order valence-corrected chi connectivity index (χ3v) is 7.02. The Morgan fingerprint density at radius 3 is 2.71 bits per heavy atom.